The van der Waals surface area contributed by atoms with E-state index in [9.17, 15) is 0 Å². The Morgan fingerprint density at radius 2 is 1.79 bits per heavy atom. The maximum absolute atomic E-state index is 5.97. The van der Waals surface area contributed by atoms with E-state index in [2.05, 4.69) is 46.1 Å². The fourth-order valence-electron chi connectivity index (χ4n) is 2.36. The Morgan fingerprint density at radius 1 is 1.08 bits per heavy atom. The molecule has 0 aliphatic heterocycles. The van der Waals surface area contributed by atoms with Crippen LogP contribution in [0.15, 0.2) is 64.1 Å². The summed E-state index contributed by atoms with van der Waals surface area (Å²) in [5, 5.41) is 11.5. The molecule has 24 heavy (non-hydrogen) atoms. The Hall–Kier alpha value is -2.17. The number of aryl methyl sites for hydroxylation is 1. The van der Waals surface area contributed by atoms with Crippen LogP contribution in [-0.2, 0) is 6.54 Å². The molecule has 0 N–H and O–H groups in total. The molecule has 1 heterocycles. The minimum Gasteiger partial charge on any atom is -0.315 e. The Morgan fingerprint density at radius 3 is 2.46 bits per heavy atom. The third kappa shape index (κ3) is 3.83. The molecule has 3 nitrogen and oxygen atoms in total. The van der Waals surface area contributed by atoms with Crippen LogP contribution in [-0.4, -0.2) is 10.8 Å². The number of aromatic nitrogens is 1. The van der Waals surface area contributed by atoms with Gasteiger partial charge in [0, 0.05) is 16.9 Å². The average molecular weight is 356 g/mol. The van der Waals surface area contributed by atoms with Crippen LogP contribution >= 0.6 is 22.9 Å². The number of thiazole rings is 1. The minimum absolute atomic E-state index is 0.740. The lowest BCUT2D eigenvalue weighted by atomic mass is 10.2. The van der Waals surface area contributed by atoms with E-state index in [1.165, 1.54) is 5.56 Å². The summed E-state index contributed by atoms with van der Waals surface area (Å²) in [5.41, 5.74) is 4.53. The molecule has 0 aliphatic carbocycles. The Balaban J connectivity index is 1.91. The van der Waals surface area contributed by atoms with Crippen LogP contribution in [0.25, 0.3) is 11.3 Å². The van der Waals surface area contributed by atoms with E-state index in [0.29, 0.717) is 0 Å². The molecule has 3 aromatic rings. The molecule has 0 saturated heterocycles. The molecule has 1 aromatic heterocycles. The number of hydrogen-bond acceptors (Lipinski definition) is 3. The van der Waals surface area contributed by atoms with E-state index in [-0.39, 0.29) is 0 Å². The van der Waals surface area contributed by atoms with Gasteiger partial charge < -0.3 is 4.57 Å². The lowest BCUT2D eigenvalue weighted by Gasteiger charge is -2.05. The van der Waals surface area contributed by atoms with Crippen LogP contribution in [0.2, 0.25) is 5.02 Å². The first-order valence-electron chi connectivity index (χ1n) is 7.75. The molecule has 0 atom stereocenters. The SMILES string of the molecule is CCn1c(-c2ccc(Cl)cc2)cs/c1=N\N=C/c1ccc(C)cc1. The van der Waals surface area contributed by atoms with E-state index < -0.39 is 0 Å². The summed E-state index contributed by atoms with van der Waals surface area (Å²) in [6.07, 6.45) is 1.78. The van der Waals surface area contributed by atoms with Gasteiger partial charge in [-0.25, -0.2) is 0 Å². The van der Waals surface area contributed by atoms with Crippen LogP contribution in [0.3, 0.4) is 0 Å². The lowest BCUT2D eigenvalue weighted by molar-refractivity contribution is 0.737. The maximum Gasteiger partial charge on any atom is 0.211 e. The standard InChI is InChI=1S/C19H18ClN3S/c1-3-23-18(16-8-10-17(20)11-9-16)13-24-19(23)22-21-12-15-6-4-14(2)5-7-15/h4-13H,3H2,1-2H3/b21-12-,22-19-. The third-order valence-electron chi connectivity index (χ3n) is 3.68. The third-order valence-corrected chi connectivity index (χ3v) is 4.79. The molecular weight excluding hydrogens is 338 g/mol. The molecule has 0 amide bonds. The zero-order valence-corrected chi connectivity index (χ0v) is 15.2. The monoisotopic (exact) mass is 355 g/mol. The quantitative estimate of drug-likeness (QED) is 0.458. The van der Waals surface area contributed by atoms with E-state index in [1.807, 2.05) is 36.4 Å². The minimum atomic E-state index is 0.740. The summed E-state index contributed by atoms with van der Waals surface area (Å²) in [4.78, 5) is 0.880. The van der Waals surface area contributed by atoms with Gasteiger partial charge in [-0.05, 0) is 37.1 Å². The highest BCUT2D eigenvalue weighted by Gasteiger charge is 2.06. The highest BCUT2D eigenvalue weighted by Crippen LogP contribution is 2.22. The molecule has 0 unspecified atom stereocenters. The number of hydrogen-bond donors (Lipinski definition) is 0. The summed E-state index contributed by atoms with van der Waals surface area (Å²) in [7, 11) is 0. The smallest absolute Gasteiger partial charge is 0.211 e. The summed E-state index contributed by atoms with van der Waals surface area (Å²) >= 11 is 7.56. The highest BCUT2D eigenvalue weighted by atomic mass is 35.5. The number of nitrogens with zero attached hydrogens (tertiary/aromatic N) is 3. The maximum atomic E-state index is 5.97. The number of rotatable bonds is 4. The topological polar surface area (TPSA) is 29.6 Å². The molecule has 122 valence electrons. The summed E-state index contributed by atoms with van der Waals surface area (Å²) in [6, 6.07) is 16.1. The normalized spacial score (nSPS) is 12.2. The van der Waals surface area contributed by atoms with Crippen molar-refractivity contribution in [1.82, 2.24) is 4.57 Å². The molecule has 0 bridgehead atoms. The first-order chi connectivity index (χ1) is 11.7. The molecule has 0 saturated carbocycles. The molecular formula is C19H18ClN3S. The summed E-state index contributed by atoms with van der Waals surface area (Å²) in [6.45, 7) is 5.01. The van der Waals surface area contributed by atoms with Gasteiger partial charge in [-0.2, -0.15) is 5.10 Å². The molecule has 0 fully saturated rings. The van der Waals surface area contributed by atoms with Gasteiger partial charge in [-0.1, -0.05) is 53.6 Å². The van der Waals surface area contributed by atoms with Gasteiger partial charge in [-0.3, -0.25) is 0 Å². The van der Waals surface area contributed by atoms with E-state index in [1.54, 1.807) is 17.6 Å². The van der Waals surface area contributed by atoms with Crippen LogP contribution in [0, 0.1) is 6.92 Å². The van der Waals surface area contributed by atoms with Crippen molar-refractivity contribution in [2.24, 2.45) is 10.2 Å². The average Bonchev–Trinajstić information content (AvgIpc) is 3.00. The zero-order valence-electron chi connectivity index (χ0n) is 13.6. The second kappa shape index (κ2) is 7.60. The summed E-state index contributed by atoms with van der Waals surface area (Å²) in [5.74, 6) is 0. The second-order valence-corrected chi connectivity index (χ2v) is 6.68. The van der Waals surface area contributed by atoms with Gasteiger partial charge >= 0.3 is 0 Å². The predicted molar refractivity (Wildman–Crippen MR) is 103 cm³/mol. The van der Waals surface area contributed by atoms with Crippen molar-refractivity contribution in [3.05, 3.63) is 74.9 Å². The lowest BCUT2D eigenvalue weighted by Crippen LogP contribution is -2.14. The Labute approximate surface area is 150 Å². The van der Waals surface area contributed by atoms with Gasteiger partial charge in [0.15, 0.2) is 0 Å². The van der Waals surface area contributed by atoms with Gasteiger partial charge in [0.25, 0.3) is 0 Å². The van der Waals surface area contributed by atoms with Crippen LogP contribution in [0.4, 0.5) is 0 Å². The molecule has 0 radical (unpaired) electrons. The van der Waals surface area contributed by atoms with Crippen LogP contribution in [0.1, 0.15) is 18.1 Å². The van der Waals surface area contributed by atoms with Gasteiger partial charge in [0.2, 0.25) is 4.80 Å². The van der Waals surface area contributed by atoms with Gasteiger partial charge in [0.1, 0.15) is 0 Å². The Kier molecular flexibility index (Phi) is 5.28. The van der Waals surface area contributed by atoms with Crippen molar-refractivity contribution < 1.29 is 0 Å². The van der Waals surface area contributed by atoms with Crippen molar-refractivity contribution in [3.8, 4) is 11.3 Å². The van der Waals surface area contributed by atoms with E-state index >= 15 is 0 Å². The fourth-order valence-corrected chi connectivity index (χ4v) is 3.42. The van der Waals surface area contributed by atoms with E-state index in [4.69, 9.17) is 11.6 Å². The number of benzene rings is 2. The summed E-state index contributed by atoms with van der Waals surface area (Å²) < 4.78 is 2.15. The zero-order chi connectivity index (χ0) is 16.9. The highest BCUT2D eigenvalue weighted by molar-refractivity contribution is 7.07. The van der Waals surface area contributed by atoms with Gasteiger partial charge in [-0.15, -0.1) is 16.4 Å². The molecule has 0 aliphatic rings. The van der Waals surface area contributed by atoms with Crippen molar-refractivity contribution in [3.63, 3.8) is 0 Å². The molecule has 2 aromatic carbocycles. The first kappa shape index (κ1) is 16.7. The van der Waals surface area contributed by atoms with Crippen molar-refractivity contribution in [1.29, 1.82) is 0 Å². The molecule has 5 heteroatoms. The van der Waals surface area contributed by atoms with Gasteiger partial charge in [0.05, 0.1) is 11.9 Å². The number of halogens is 1. The van der Waals surface area contributed by atoms with Crippen molar-refractivity contribution in [2.45, 2.75) is 20.4 Å². The largest absolute Gasteiger partial charge is 0.315 e. The van der Waals surface area contributed by atoms with Crippen LogP contribution in [0.5, 0.6) is 0 Å². The van der Waals surface area contributed by atoms with Crippen molar-refractivity contribution in [2.75, 3.05) is 0 Å². The molecule has 3 rings (SSSR count). The van der Waals surface area contributed by atoms with Crippen LogP contribution < -0.4 is 4.80 Å². The van der Waals surface area contributed by atoms with Crippen molar-refractivity contribution >= 4 is 29.2 Å². The fraction of sp³-hybridized carbons (Fsp3) is 0.158. The second-order valence-electron chi connectivity index (χ2n) is 5.41. The Bertz CT molecular complexity index is 903. The van der Waals surface area contributed by atoms with E-state index in [0.717, 1.165) is 33.2 Å². The molecule has 0 spiro atoms. The first-order valence-corrected chi connectivity index (χ1v) is 9.01. The predicted octanol–water partition coefficient (Wildman–Crippen LogP) is 5.13.